The predicted octanol–water partition coefficient (Wildman–Crippen LogP) is 2.21. The van der Waals surface area contributed by atoms with Gasteiger partial charge in [0.25, 0.3) is 0 Å². The lowest BCUT2D eigenvalue weighted by atomic mass is 10.0. The zero-order valence-corrected chi connectivity index (χ0v) is 10.9. The highest BCUT2D eigenvalue weighted by Gasteiger charge is 2.27. The number of anilines is 1. The average molecular weight is 259 g/mol. The number of rotatable bonds is 5. The molecule has 0 bridgehead atoms. The van der Waals surface area contributed by atoms with Gasteiger partial charge in [0.15, 0.2) is 5.82 Å². The van der Waals surface area contributed by atoms with E-state index in [-0.39, 0.29) is 5.92 Å². The van der Waals surface area contributed by atoms with Crippen molar-refractivity contribution in [3.05, 3.63) is 41.2 Å². The van der Waals surface area contributed by atoms with Gasteiger partial charge in [-0.3, -0.25) is 0 Å². The Bertz CT molecular complexity index is 553. The summed E-state index contributed by atoms with van der Waals surface area (Å²) in [5.74, 6) is 1.03. The topological polar surface area (TPSA) is 60.2 Å². The van der Waals surface area contributed by atoms with Gasteiger partial charge in [0.05, 0.1) is 6.61 Å². The minimum absolute atomic E-state index is 0.262. The molecule has 1 atom stereocenters. The van der Waals surface area contributed by atoms with Crippen LogP contribution in [0.5, 0.6) is 0 Å². The summed E-state index contributed by atoms with van der Waals surface area (Å²) in [6, 6.07) is 8.94. The summed E-state index contributed by atoms with van der Waals surface area (Å²) in [6.45, 7) is 1.28. The Morgan fingerprint density at radius 1 is 1.42 bits per heavy atom. The number of aryl methyl sites for hydroxylation is 1. The molecule has 5 heteroatoms. The summed E-state index contributed by atoms with van der Waals surface area (Å²) < 4.78 is 10.2. The smallest absolute Gasteiger partial charge is 0.321 e. The molecule has 0 spiro atoms. The van der Waals surface area contributed by atoms with Gasteiger partial charge < -0.3 is 14.6 Å². The van der Waals surface area contributed by atoms with Gasteiger partial charge in [-0.15, -0.1) is 0 Å². The Morgan fingerprint density at radius 2 is 2.32 bits per heavy atom. The van der Waals surface area contributed by atoms with Crippen LogP contribution in [0.4, 0.5) is 6.01 Å². The summed E-state index contributed by atoms with van der Waals surface area (Å²) in [4.78, 5) is 4.42. The number of ether oxygens (including phenoxy) is 1. The Kier molecular flexibility index (Phi) is 3.46. The zero-order chi connectivity index (χ0) is 13.1. The van der Waals surface area contributed by atoms with Crippen LogP contribution in [0.2, 0.25) is 0 Å². The van der Waals surface area contributed by atoms with Crippen LogP contribution >= 0.6 is 0 Å². The maximum atomic E-state index is 5.21. The van der Waals surface area contributed by atoms with E-state index in [4.69, 9.17) is 9.26 Å². The Morgan fingerprint density at radius 3 is 3.21 bits per heavy atom. The molecule has 0 aliphatic heterocycles. The minimum Gasteiger partial charge on any atom is -0.383 e. The van der Waals surface area contributed by atoms with E-state index >= 15 is 0 Å². The van der Waals surface area contributed by atoms with E-state index in [0.717, 1.165) is 18.7 Å². The van der Waals surface area contributed by atoms with Crippen molar-refractivity contribution in [1.29, 1.82) is 0 Å². The first-order valence-electron chi connectivity index (χ1n) is 6.52. The van der Waals surface area contributed by atoms with Gasteiger partial charge in [0, 0.05) is 19.6 Å². The third kappa shape index (κ3) is 2.46. The number of aromatic nitrogens is 2. The van der Waals surface area contributed by atoms with Crippen molar-refractivity contribution < 1.29 is 9.26 Å². The van der Waals surface area contributed by atoms with Crippen LogP contribution in [0.1, 0.15) is 29.3 Å². The first kappa shape index (κ1) is 12.2. The van der Waals surface area contributed by atoms with Crippen molar-refractivity contribution in [3.63, 3.8) is 0 Å². The normalized spacial score (nSPS) is 17.4. The number of nitrogens with one attached hydrogen (secondary N) is 1. The standard InChI is InChI=1S/C14H17N3O2/c1-18-9-8-15-14-16-13(17-19-14)12-7-6-10-4-2-3-5-11(10)12/h2-5,12H,6-9H2,1H3,(H,15,16,17). The lowest BCUT2D eigenvalue weighted by molar-refractivity contribution is 0.210. The molecule has 0 saturated heterocycles. The van der Waals surface area contributed by atoms with E-state index in [1.807, 2.05) is 0 Å². The van der Waals surface area contributed by atoms with Gasteiger partial charge in [-0.25, -0.2) is 0 Å². The van der Waals surface area contributed by atoms with Gasteiger partial charge in [-0.2, -0.15) is 4.98 Å². The molecule has 2 aromatic rings. The number of fused-ring (bicyclic) bond motifs is 1. The molecule has 1 N–H and O–H groups in total. The molecule has 3 rings (SSSR count). The van der Waals surface area contributed by atoms with Crippen LogP contribution in [-0.4, -0.2) is 30.4 Å². The number of hydrogen-bond acceptors (Lipinski definition) is 5. The quantitative estimate of drug-likeness (QED) is 0.834. The van der Waals surface area contributed by atoms with Crippen molar-refractivity contribution >= 4 is 6.01 Å². The summed E-state index contributed by atoms with van der Waals surface area (Å²) in [6.07, 6.45) is 2.14. The molecule has 19 heavy (non-hydrogen) atoms. The van der Waals surface area contributed by atoms with Gasteiger partial charge in [0.2, 0.25) is 0 Å². The highest BCUT2D eigenvalue weighted by Crippen LogP contribution is 2.36. The second-order valence-electron chi connectivity index (χ2n) is 4.67. The van der Waals surface area contributed by atoms with Crippen molar-refractivity contribution in [1.82, 2.24) is 10.1 Å². The maximum absolute atomic E-state index is 5.21. The Hall–Kier alpha value is -1.88. The van der Waals surface area contributed by atoms with Crippen LogP contribution < -0.4 is 5.32 Å². The molecule has 1 unspecified atom stereocenters. The maximum Gasteiger partial charge on any atom is 0.321 e. The van der Waals surface area contributed by atoms with E-state index in [9.17, 15) is 0 Å². The Balaban J connectivity index is 1.74. The van der Waals surface area contributed by atoms with Gasteiger partial charge in [-0.1, -0.05) is 29.4 Å². The third-order valence-electron chi connectivity index (χ3n) is 3.47. The number of hydrogen-bond donors (Lipinski definition) is 1. The molecule has 5 nitrogen and oxygen atoms in total. The number of nitrogens with zero attached hydrogens (tertiary/aromatic N) is 2. The van der Waals surface area contributed by atoms with Crippen LogP contribution in [0.25, 0.3) is 0 Å². The lowest BCUT2D eigenvalue weighted by Gasteiger charge is -2.05. The van der Waals surface area contributed by atoms with Gasteiger partial charge in [0.1, 0.15) is 0 Å². The molecule has 1 aliphatic rings. The summed E-state index contributed by atoms with van der Waals surface area (Å²) in [7, 11) is 1.66. The molecule has 1 aromatic heterocycles. The van der Waals surface area contributed by atoms with E-state index in [2.05, 4.69) is 39.7 Å². The molecule has 0 amide bonds. The SMILES string of the molecule is COCCNc1nc(C2CCc3ccccc32)no1. The Labute approximate surface area is 112 Å². The monoisotopic (exact) mass is 259 g/mol. The van der Waals surface area contributed by atoms with Crippen LogP contribution in [0.3, 0.4) is 0 Å². The molecule has 100 valence electrons. The second-order valence-corrected chi connectivity index (χ2v) is 4.67. The van der Waals surface area contributed by atoms with E-state index in [0.29, 0.717) is 19.2 Å². The van der Waals surface area contributed by atoms with Crippen molar-refractivity contribution in [2.24, 2.45) is 0 Å². The molecular weight excluding hydrogens is 242 g/mol. The largest absolute Gasteiger partial charge is 0.383 e. The van der Waals surface area contributed by atoms with Crippen LogP contribution in [0, 0.1) is 0 Å². The summed E-state index contributed by atoms with van der Waals surface area (Å²) >= 11 is 0. The molecule has 1 aromatic carbocycles. The van der Waals surface area contributed by atoms with Crippen molar-refractivity contribution in [3.8, 4) is 0 Å². The van der Waals surface area contributed by atoms with Crippen LogP contribution in [-0.2, 0) is 11.2 Å². The van der Waals surface area contributed by atoms with E-state index in [1.165, 1.54) is 11.1 Å². The molecule has 1 aliphatic carbocycles. The molecule has 0 fully saturated rings. The van der Waals surface area contributed by atoms with E-state index in [1.54, 1.807) is 7.11 Å². The predicted molar refractivity (Wildman–Crippen MR) is 71.3 cm³/mol. The molecule has 0 radical (unpaired) electrons. The molecule has 1 heterocycles. The molecule has 0 saturated carbocycles. The highest BCUT2D eigenvalue weighted by atomic mass is 16.5. The first-order valence-corrected chi connectivity index (χ1v) is 6.52. The number of benzene rings is 1. The first-order chi connectivity index (χ1) is 9.38. The van der Waals surface area contributed by atoms with Gasteiger partial charge >= 0.3 is 6.01 Å². The minimum atomic E-state index is 0.262. The number of methoxy groups -OCH3 is 1. The fourth-order valence-electron chi connectivity index (χ4n) is 2.53. The fraction of sp³-hybridized carbons (Fsp3) is 0.429. The molecular formula is C14H17N3O2. The fourth-order valence-corrected chi connectivity index (χ4v) is 2.53. The van der Waals surface area contributed by atoms with Crippen molar-refractivity contribution in [2.75, 3.05) is 25.6 Å². The van der Waals surface area contributed by atoms with Crippen LogP contribution in [0.15, 0.2) is 28.8 Å². The van der Waals surface area contributed by atoms with Gasteiger partial charge in [-0.05, 0) is 24.0 Å². The zero-order valence-electron chi connectivity index (χ0n) is 10.9. The third-order valence-corrected chi connectivity index (χ3v) is 3.47. The van der Waals surface area contributed by atoms with E-state index < -0.39 is 0 Å². The average Bonchev–Trinajstić information content (AvgIpc) is 3.05. The summed E-state index contributed by atoms with van der Waals surface area (Å²) in [5, 5.41) is 7.13. The lowest BCUT2D eigenvalue weighted by Crippen LogP contribution is -2.08. The summed E-state index contributed by atoms with van der Waals surface area (Å²) in [5.41, 5.74) is 2.72. The second kappa shape index (κ2) is 5.40. The van der Waals surface area contributed by atoms with Crippen molar-refractivity contribution in [2.45, 2.75) is 18.8 Å². The highest BCUT2D eigenvalue weighted by molar-refractivity contribution is 5.39.